The van der Waals surface area contributed by atoms with Crippen molar-refractivity contribution in [3.05, 3.63) is 41.0 Å². The first-order valence-corrected chi connectivity index (χ1v) is 11.9. The first kappa shape index (κ1) is 19.3. The molecule has 2 aliphatic heterocycles. The van der Waals surface area contributed by atoms with Gasteiger partial charge >= 0.3 is 0 Å². The van der Waals surface area contributed by atoms with Crippen molar-refractivity contribution in [3.63, 3.8) is 0 Å². The van der Waals surface area contributed by atoms with Crippen LogP contribution in [0.4, 0.5) is 11.8 Å². The molecule has 8 heteroatoms. The minimum absolute atomic E-state index is 0.0788. The molecule has 5 rings (SSSR count). The SMILES string of the molecule is O=S1CN(C2(CO)CCC2)c2nc(N3CCC(c4ccc(Cl)cc4)CC3)ncc21. The summed E-state index contributed by atoms with van der Waals surface area (Å²) in [5, 5.41) is 10.7. The summed E-state index contributed by atoms with van der Waals surface area (Å²) in [7, 11) is -1.13. The summed E-state index contributed by atoms with van der Waals surface area (Å²) in [6.07, 6.45) is 6.74. The van der Waals surface area contributed by atoms with Crippen LogP contribution in [0.2, 0.25) is 5.02 Å². The topological polar surface area (TPSA) is 69.6 Å². The summed E-state index contributed by atoms with van der Waals surface area (Å²) in [5.41, 5.74) is 1.04. The molecule has 1 saturated carbocycles. The predicted molar refractivity (Wildman–Crippen MR) is 115 cm³/mol. The number of nitrogens with zero attached hydrogens (tertiary/aromatic N) is 4. The molecule has 1 N–H and O–H groups in total. The van der Waals surface area contributed by atoms with Gasteiger partial charge in [-0.1, -0.05) is 23.7 Å². The Balaban J connectivity index is 1.34. The Labute approximate surface area is 178 Å². The van der Waals surface area contributed by atoms with E-state index < -0.39 is 10.8 Å². The molecule has 1 unspecified atom stereocenters. The van der Waals surface area contributed by atoms with Gasteiger partial charge in [0.15, 0.2) is 5.82 Å². The number of aromatic nitrogens is 2. The number of fused-ring (bicyclic) bond motifs is 1. The zero-order valence-corrected chi connectivity index (χ0v) is 17.8. The van der Waals surface area contributed by atoms with Crippen LogP contribution >= 0.6 is 11.6 Å². The van der Waals surface area contributed by atoms with E-state index >= 15 is 0 Å². The summed E-state index contributed by atoms with van der Waals surface area (Å²) < 4.78 is 12.6. The average molecular weight is 433 g/mol. The molecule has 29 heavy (non-hydrogen) atoms. The van der Waals surface area contributed by atoms with Gasteiger partial charge in [0, 0.05) is 18.1 Å². The first-order valence-electron chi connectivity index (χ1n) is 10.2. The Bertz CT molecular complexity index is 921. The number of aliphatic hydroxyl groups is 1. The molecule has 1 aromatic heterocycles. The molecule has 0 amide bonds. The van der Waals surface area contributed by atoms with Crippen LogP contribution in [0.3, 0.4) is 0 Å². The number of hydrogen-bond acceptors (Lipinski definition) is 6. The lowest BCUT2D eigenvalue weighted by atomic mass is 9.76. The highest BCUT2D eigenvalue weighted by Gasteiger charge is 2.47. The van der Waals surface area contributed by atoms with Crippen molar-refractivity contribution in [1.29, 1.82) is 0 Å². The maximum atomic E-state index is 12.6. The van der Waals surface area contributed by atoms with Crippen LogP contribution in [0.25, 0.3) is 0 Å². The van der Waals surface area contributed by atoms with Gasteiger partial charge in [0.25, 0.3) is 0 Å². The lowest BCUT2D eigenvalue weighted by molar-refractivity contribution is 0.119. The van der Waals surface area contributed by atoms with E-state index in [9.17, 15) is 9.32 Å². The van der Waals surface area contributed by atoms with Crippen LogP contribution in [-0.2, 0) is 10.8 Å². The third kappa shape index (κ3) is 3.33. The van der Waals surface area contributed by atoms with E-state index in [4.69, 9.17) is 16.6 Å². The van der Waals surface area contributed by atoms with Gasteiger partial charge in [0.1, 0.15) is 10.8 Å². The number of anilines is 2. The van der Waals surface area contributed by atoms with E-state index in [0.29, 0.717) is 22.6 Å². The van der Waals surface area contributed by atoms with Gasteiger partial charge in [-0.25, -0.2) is 4.98 Å². The van der Waals surface area contributed by atoms with Crippen LogP contribution in [-0.4, -0.2) is 50.4 Å². The Hall–Kier alpha value is -1.70. The second kappa shape index (κ2) is 7.52. The molecule has 3 heterocycles. The molecule has 0 spiro atoms. The first-order chi connectivity index (χ1) is 14.1. The summed E-state index contributed by atoms with van der Waals surface area (Å²) in [5.74, 6) is 2.39. The molecule has 1 atom stereocenters. The summed E-state index contributed by atoms with van der Waals surface area (Å²) in [6, 6.07) is 8.15. The number of halogens is 1. The van der Waals surface area contributed by atoms with Crippen LogP contribution in [0.1, 0.15) is 43.6 Å². The van der Waals surface area contributed by atoms with Crippen LogP contribution in [0, 0.1) is 0 Å². The van der Waals surface area contributed by atoms with Gasteiger partial charge in [-0.15, -0.1) is 0 Å². The Kier molecular flexibility index (Phi) is 5.00. The van der Waals surface area contributed by atoms with E-state index in [1.165, 1.54) is 5.56 Å². The third-order valence-electron chi connectivity index (χ3n) is 6.74. The highest BCUT2D eigenvalue weighted by Crippen LogP contribution is 2.44. The molecule has 154 valence electrons. The number of hydrogen-bond donors (Lipinski definition) is 1. The van der Waals surface area contributed by atoms with Crippen LogP contribution in [0.5, 0.6) is 0 Å². The average Bonchev–Trinajstić information content (AvgIpc) is 3.05. The predicted octanol–water partition coefficient (Wildman–Crippen LogP) is 3.31. The van der Waals surface area contributed by atoms with Gasteiger partial charge in [-0.2, -0.15) is 4.98 Å². The molecule has 1 aromatic carbocycles. The van der Waals surface area contributed by atoms with Gasteiger partial charge in [0.05, 0.1) is 29.1 Å². The van der Waals surface area contributed by atoms with Gasteiger partial charge < -0.3 is 14.9 Å². The van der Waals surface area contributed by atoms with Crippen molar-refractivity contribution in [2.24, 2.45) is 0 Å². The van der Waals surface area contributed by atoms with Crippen molar-refractivity contribution in [3.8, 4) is 0 Å². The quantitative estimate of drug-likeness (QED) is 0.799. The van der Waals surface area contributed by atoms with Gasteiger partial charge in [-0.3, -0.25) is 4.21 Å². The van der Waals surface area contributed by atoms with Crippen molar-refractivity contribution in [1.82, 2.24) is 9.97 Å². The fourth-order valence-electron chi connectivity index (χ4n) is 4.71. The molecule has 1 aliphatic carbocycles. The van der Waals surface area contributed by atoms with Crippen LogP contribution in [0.15, 0.2) is 35.4 Å². The molecule has 6 nitrogen and oxygen atoms in total. The Morgan fingerprint density at radius 2 is 1.93 bits per heavy atom. The van der Waals surface area contributed by atoms with Crippen LogP contribution < -0.4 is 9.80 Å². The number of benzene rings is 1. The minimum atomic E-state index is -1.13. The minimum Gasteiger partial charge on any atom is -0.394 e. The highest BCUT2D eigenvalue weighted by molar-refractivity contribution is 7.85. The number of aliphatic hydroxyl groups excluding tert-OH is 1. The van der Waals surface area contributed by atoms with E-state index in [2.05, 4.69) is 26.9 Å². The summed E-state index contributed by atoms with van der Waals surface area (Å²) in [6.45, 7) is 1.86. The Morgan fingerprint density at radius 3 is 2.55 bits per heavy atom. The normalized spacial score (nSPS) is 23.7. The second-order valence-electron chi connectivity index (χ2n) is 8.31. The third-order valence-corrected chi connectivity index (χ3v) is 8.26. The molecule has 2 aromatic rings. The lowest BCUT2D eigenvalue weighted by Gasteiger charge is -2.47. The van der Waals surface area contributed by atoms with E-state index in [1.807, 2.05) is 12.1 Å². The number of piperidine rings is 1. The van der Waals surface area contributed by atoms with Crippen molar-refractivity contribution < 1.29 is 9.32 Å². The van der Waals surface area contributed by atoms with Gasteiger partial charge in [-0.05, 0) is 55.7 Å². The van der Waals surface area contributed by atoms with E-state index in [-0.39, 0.29) is 12.1 Å². The summed E-state index contributed by atoms with van der Waals surface area (Å²) >= 11 is 6.01. The fourth-order valence-corrected chi connectivity index (χ4v) is 6.14. The van der Waals surface area contributed by atoms with Crippen molar-refractivity contribution in [2.75, 3.05) is 35.4 Å². The fraction of sp³-hybridized carbons (Fsp3) is 0.524. The largest absolute Gasteiger partial charge is 0.394 e. The highest BCUT2D eigenvalue weighted by atomic mass is 35.5. The molecule has 2 fully saturated rings. The van der Waals surface area contributed by atoms with E-state index in [0.717, 1.165) is 56.0 Å². The zero-order valence-electron chi connectivity index (χ0n) is 16.3. The molecule has 1 saturated heterocycles. The Morgan fingerprint density at radius 1 is 1.21 bits per heavy atom. The standard InChI is InChI=1S/C21H25ClN4O2S/c22-17-4-2-15(3-5-17)16-6-10-25(11-7-16)20-23-12-18-19(24-20)26(14-29(18)28)21(13-27)8-1-9-21/h2-5,12,16,27H,1,6-11,13-14H2. The molecule has 3 aliphatic rings. The second-order valence-corrected chi connectivity index (χ2v) is 10.1. The smallest absolute Gasteiger partial charge is 0.227 e. The lowest BCUT2D eigenvalue weighted by Crippen LogP contribution is -2.56. The van der Waals surface area contributed by atoms with Gasteiger partial charge in [0.2, 0.25) is 5.95 Å². The molecule has 0 radical (unpaired) electrons. The van der Waals surface area contributed by atoms with E-state index in [1.54, 1.807) is 6.20 Å². The maximum absolute atomic E-state index is 12.6. The molecular weight excluding hydrogens is 408 g/mol. The maximum Gasteiger partial charge on any atom is 0.227 e. The molecule has 0 bridgehead atoms. The van der Waals surface area contributed by atoms with Crippen molar-refractivity contribution >= 4 is 34.2 Å². The monoisotopic (exact) mass is 432 g/mol. The summed E-state index contributed by atoms with van der Waals surface area (Å²) in [4.78, 5) is 14.4. The zero-order chi connectivity index (χ0) is 20.0. The molecular formula is C21H25ClN4O2S. The van der Waals surface area contributed by atoms with Crippen molar-refractivity contribution in [2.45, 2.75) is 48.5 Å². The number of rotatable bonds is 4.